The van der Waals surface area contributed by atoms with Gasteiger partial charge in [0, 0.05) is 0 Å². The lowest BCUT2D eigenvalue weighted by molar-refractivity contribution is 0.456. The van der Waals surface area contributed by atoms with E-state index in [-0.39, 0.29) is 0 Å². The molecule has 0 aliphatic heterocycles. The summed E-state index contributed by atoms with van der Waals surface area (Å²) >= 11 is 0. The number of benzene rings is 1. The van der Waals surface area contributed by atoms with Gasteiger partial charge < -0.3 is 4.85 Å². The first-order valence-electron chi connectivity index (χ1n) is 3.83. The van der Waals surface area contributed by atoms with Crippen LogP contribution < -0.4 is 0 Å². The van der Waals surface area contributed by atoms with Crippen molar-refractivity contribution in [2.45, 2.75) is 12.5 Å². The van der Waals surface area contributed by atoms with Crippen molar-refractivity contribution in [1.29, 1.82) is 0 Å². The van der Waals surface area contributed by atoms with Crippen LogP contribution in [-0.4, -0.2) is 12.7 Å². The van der Waals surface area contributed by atoms with E-state index in [1.54, 1.807) is 0 Å². The Morgan fingerprint density at radius 1 is 1.33 bits per heavy atom. The van der Waals surface area contributed by atoms with E-state index in [1.165, 1.54) is 0 Å². The Labute approximate surface area is 71.7 Å². The summed E-state index contributed by atoms with van der Waals surface area (Å²) in [5.74, 6) is 0. The fourth-order valence-electron chi connectivity index (χ4n) is 1.02. The van der Waals surface area contributed by atoms with E-state index < -0.39 is 12.7 Å². The summed E-state index contributed by atoms with van der Waals surface area (Å²) in [5.41, 5.74) is 1.02. The van der Waals surface area contributed by atoms with E-state index in [0.29, 0.717) is 6.42 Å². The zero-order valence-corrected chi connectivity index (χ0v) is 6.70. The van der Waals surface area contributed by atoms with Gasteiger partial charge >= 0.3 is 0 Å². The van der Waals surface area contributed by atoms with Gasteiger partial charge in [-0.05, 0) is 5.56 Å². The molecule has 0 saturated heterocycles. The number of nitrogens with zero attached hydrogens (tertiary/aromatic N) is 1. The Morgan fingerprint density at radius 3 is 2.50 bits per heavy atom. The highest BCUT2D eigenvalue weighted by Crippen LogP contribution is 2.05. The van der Waals surface area contributed by atoms with Gasteiger partial charge in [0.15, 0.2) is 6.67 Å². The van der Waals surface area contributed by atoms with Crippen LogP contribution in [0, 0.1) is 6.57 Å². The van der Waals surface area contributed by atoms with Crippen molar-refractivity contribution in [1.82, 2.24) is 0 Å². The normalized spacial score (nSPS) is 12.0. The molecule has 0 heterocycles. The van der Waals surface area contributed by atoms with Crippen molar-refractivity contribution >= 4 is 0 Å². The summed E-state index contributed by atoms with van der Waals surface area (Å²) in [5, 5.41) is 0. The van der Waals surface area contributed by atoms with Crippen LogP contribution in [0.2, 0.25) is 0 Å². The summed E-state index contributed by atoms with van der Waals surface area (Å²) in [6.07, 6.45) is 0.515. The lowest BCUT2D eigenvalue weighted by Gasteiger charge is -1.99. The molecule has 0 aliphatic carbocycles. The summed E-state index contributed by atoms with van der Waals surface area (Å²) in [7, 11) is 0. The molecule has 0 radical (unpaired) electrons. The molecule has 1 aromatic rings. The van der Waals surface area contributed by atoms with Gasteiger partial charge in [0.2, 0.25) is 0 Å². The van der Waals surface area contributed by atoms with Crippen molar-refractivity contribution in [3.63, 3.8) is 0 Å². The largest absolute Gasteiger partial charge is 0.310 e. The van der Waals surface area contributed by atoms with Gasteiger partial charge in [0.25, 0.3) is 6.04 Å². The Kier molecular flexibility index (Phi) is 3.28. The van der Waals surface area contributed by atoms with Crippen LogP contribution in [-0.2, 0) is 6.42 Å². The molecule has 0 bridgehead atoms. The summed E-state index contributed by atoms with van der Waals surface area (Å²) in [4.78, 5) is 3.18. The fraction of sp³-hybridized carbons (Fsp3) is 0.300. The maximum atomic E-state index is 12.1. The Morgan fingerprint density at radius 2 is 2.00 bits per heavy atom. The van der Waals surface area contributed by atoms with Crippen LogP contribution in [0.4, 0.5) is 4.39 Å². The number of alkyl halides is 1. The van der Waals surface area contributed by atoms with Gasteiger partial charge in [-0.2, -0.15) is 0 Å². The van der Waals surface area contributed by atoms with Crippen molar-refractivity contribution in [3.05, 3.63) is 47.3 Å². The van der Waals surface area contributed by atoms with Crippen LogP contribution in [0.15, 0.2) is 30.3 Å². The molecule has 2 heteroatoms. The standard InChI is InChI=1S/C10H10FN/c1-12-10(8-11)7-9-5-3-2-4-6-9/h2-6,10H,7-8H2. The summed E-state index contributed by atoms with van der Waals surface area (Å²) < 4.78 is 12.1. The maximum absolute atomic E-state index is 12.1. The molecule has 62 valence electrons. The van der Waals surface area contributed by atoms with Crippen LogP contribution in [0.1, 0.15) is 5.56 Å². The van der Waals surface area contributed by atoms with Crippen LogP contribution in [0.3, 0.4) is 0 Å². The second kappa shape index (κ2) is 4.50. The lowest BCUT2D eigenvalue weighted by atomic mass is 10.1. The third-order valence-electron chi connectivity index (χ3n) is 1.67. The van der Waals surface area contributed by atoms with E-state index in [4.69, 9.17) is 6.57 Å². The smallest absolute Gasteiger partial charge is 0.255 e. The van der Waals surface area contributed by atoms with Gasteiger partial charge in [0.1, 0.15) is 0 Å². The summed E-state index contributed by atoms with van der Waals surface area (Å²) in [6.45, 7) is 6.14. The molecule has 1 aromatic carbocycles. The first kappa shape index (κ1) is 8.73. The predicted molar refractivity (Wildman–Crippen MR) is 46.5 cm³/mol. The number of halogens is 1. The molecule has 0 spiro atoms. The molecular weight excluding hydrogens is 153 g/mol. The van der Waals surface area contributed by atoms with Crippen molar-refractivity contribution in [2.24, 2.45) is 0 Å². The van der Waals surface area contributed by atoms with E-state index in [2.05, 4.69) is 4.85 Å². The maximum Gasteiger partial charge on any atom is 0.255 e. The van der Waals surface area contributed by atoms with Gasteiger partial charge in [-0.1, -0.05) is 30.3 Å². The van der Waals surface area contributed by atoms with Gasteiger partial charge in [-0.25, -0.2) is 11.0 Å². The number of hydrogen-bond acceptors (Lipinski definition) is 0. The molecule has 0 aromatic heterocycles. The summed E-state index contributed by atoms with van der Waals surface area (Å²) in [6, 6.07) is 9.02. The Hall–Kier alpha value is -1.36. The Balaban J connectivity index is 2.58. The van der Waals surface area contributed by atoms with Crippen LogP contribution in [0.25, 0.3) is 4.85 Å². The quantitative estimate of drug-likeness (QED) is 0.603. The monoisotopic (exact) mass is 163 g/mol. The molecular formula is C10H10FN. The average molecular weight is 163 g/mol. The van der Waals surface area contributed by atoms with Crippen molar-refractivity contribution < 1.29 is 4.39 Å². The van der Waals surface area contributed by atoms with E-state index >= 15 is 0 Å². The molecule has 1 rings (SSSR count). The van der Waals surface area contributed by atoms with Crippen LogP contribution in [0.5, 0.6) is 0 Å². The minimum Gasteiger partial charge on any atom is -0.310 e. The van der Waals surface area contributed by atoms with Crippen molar-refractivity contribution in [2.75, 3.05) is 6.67 Å². The highest BCUT2D eigenvalue weighted by atomic mass is 19.1. The molecule has 1 nitrogen and oxygen atoms in total. The molecule has 0 amide bonds. The number of rotatable bonds is 3. The van der Waals surface area contributed by atoms with Crippen LogP contribution >= 0.6 is 0 Å². The SMILES string of the molecule is [C-]#[N+]C(CF)Cc1ccccc1. The minimum atomic E-state index is -0.557. The zero-order chi connectivity index (χ0) is 8.81. The molecule has 0 N–H and O–H groups in total. The van der Waals surface area contributed by atoms with Crippen molar-refractivity contribution in [3.8, 4) is 0 Å². The molecule has 12 heavy (non-hydrogen) atoms. The molecule has 0 fully saturated rings. The lowest BCUT2D eigenvalue weighted by Crippen LogP contribution is -2.08. The molecule has 0 aliphatic rings. The minimum absolute atomic E-state index is 0.507. The second-order valence-corrected chi connectivity index (χ2v) is 2.63. The van der Waals surface area contributed by atoms with E-state index in [9.17, 15) is 4.39 Å². The first-order valence-corrected chi connectivity index (χ1v) is 3.83. The van der Waals surface area contributed by atoms with Gasteiger partial charge in [-0.3, -0.25) is 0 Å². The topological polar surface area (TPSA) is 4.36 Å². The van der Waals surface area contributed by atoms with Gasteiger partial charge in [0.05, 0.1) is 6.42 Å². The molecule has 1 atom stereocenters. The second-order valence-electron chi connectivity index (χ2n) is 2.63. The number of hydrogen-bond donors (Lipinski definition) is 0. The third kappa shape index (κ3) is 2.35. The fourth-order valence-corrected chi connectivity index (χ4v) is 1.02. The third-order valence-corrected chi connectivity index (χ3v) is 1.67. The Bertz CT molecular complexity index is 263. The molecule has 1 unspecified atom stereocenters. The predicted octanol–water partition coefficient (Wildman–Crippen LogP) is 2.49. The highest BCUT2D eigenvalue weighted by molar-refractivity contribution is 5.16. The zero-order valence-electron chi connectivity index (χ0n) is 6.70. The average Bonchev–Trinajstić information content (AvgIpc) is 2.16. The molecule has 0 saturated carbocycles. The highest BCUT2D eigenvalue weighted by Gasteiger charge is 2.11. The van der Waals surface area contributed by atoms with E-state index in [0.717, 1.165) is 5.56 Å². The van der Waals surface area contributed by atoms with E-state index in [1.807, 2.05) is 30.3 Å². The van der Waals surface area contributed by atoms with Gasteiger partial charge in [-0.15, -0.1) is 0 Å². The first-order chi connectivity index (χ1) is 5.86.